The van der Waals surface area contributed by atoms with Crippen LogP contribution in [0.3, 0.4) is 0 Å². The van der Waals surface area contributed by atoms with Crippen LogP contribution in [-0.2, 0) is 0 Å². The predicted molar refractivity (Wildman–Crippen MR) is 94.0 cm³/mol. The van der Waals surface area contributed by atoms with Crippen molar-refractivity contribution in [3.63, 3.8) is 0 Å². The molecule has 0 saturated heterocycles. The second-order valence-electron chi connectivity index (χ2n) is 7.71. The summed E-state index contributed by atoms with van der Waals surface area (Å²) in [4.78, 5) is 1.49. The van der Waals surface area contributed by atoms with Crippen LogP contribution in [0.1, 0.15) is 51.1 Å². The number of thiophene rings is 1. The van der Waals surface area contributed by atoms with Gasteiger partial charge in [-0.3, -0.25) is 0 Å². The van der Waals surface area contributed by atoms with Gasteiger partial charge in [0.25, 0.3) is 0 Å². The molecule has 1 unspecified atom stereocenters. The van der Waals surface area contributed by atoms with Gasteiger partial charge in [0.1, 0.15) is 0 Å². The van der Waals surface area contributed by atoms with Gasteiger partial charge < -0.3 is 5.32 Å². The summed E-state index contributed by atoms with van der Waals surface area (Å²) in [5.41, 5.74) is 2.38. The maximum absolute atomic E-state index is 3.78. The molecule has 1 aliphatic rings. The van der Waals surface area contributed by atoms with Crippen LogP contribution in [0.15, 0.2) is 24.3 Å². The highest BCUT2D eigenvalue weighted by atomic mass is 32.1. The standard InChI is InChI=1S/C19H27NS/c1-12-14-9-7-8-10-15(14)21-17(12)13(2)20-11-16-18(3,4)19(16,5)6/h7-10,13,16,20H,11H2,1-6H3. The molecule has 0 bridgehead atoms. The minimum Gasteiger partial charge on any atom is -0.309 e. The molecule has 1 N–H and O–H groups in total. The van der Waals surface area contributed by atoms with Crippen molar-refractivity contribution < 1.29 is 0 Å². The van der Waals surface area contributed by atoms with Crippen molar-refractivity contribution in [2.24, 2.45) is 16.7 Å². The first-order valence-electron chi connectivity index (χ1n) is 7.98. The van der Waals surface area contributed by atoms with Gasteiger partial charge in [-0.05, 0) is 54.2 Å². The van der Waals surface area contributed by atoms with E-state index in [4.69, 9.17) is 0 Å². The normalized spacial score (nSPS) is 21.6. The summed E-state index contributed by atoms with van der Waals surface area (Å²) in [5, 5.41) is 5.20. The van der Waals surface area contributed by atoms with Gasteiger partial charge >= 0.3 is 0 Å². The third-order valence-electron chi connectivity index (χ3n) is 6.22. The lowest BCUT2D eigenvalue weighted by molar-refractivity contribution is 0.457. The van der Waals surface area contributed by atoms with Crippen LogP contribution in [0, 0.1) is 23.7 Å². The SMILES string of the molecule is Cc1c(C(C)NCC2C(C)(C)C2(C)C)sc2ccccc12. The molecule has 1 atom stereocenters. The van der Waals surface area contributed by atoms with Crippen molar-refractivity contribution >= 4 is 21.4 Å². The van der Waals surface area contributed by atoms with Gasteiger partial charge in [-0.25, -0.2) is 0 Å². The molecular weight excluding hydrogens is 274 g/mol. The minimum atomic E-state index is 0.439. The third kappa shape index (κ3) is 2.24. The Morgan fingerprint density at radius 3 is 2.33 bits per heavy atom. The summed E-state index contributed by atoms with van der Waals surface area (Å²) in [7, 11) is 0. The van der Waals surface area contributed by atoms with Crippen LogP contribution >= 0.6 is 11.3 Å². The number of aryl methyl sites for hydroxylation is 1. The second-order valence-corrected chi connectivity index (χ2v) is 8.80. The van der Waals surface area contributed by atoms with Gasteiger partial charge in [-0.15, -0.1) is 11.3 Å². The summed E-state index contributed by atoms with van der Waals surface area (Å²) in [6.07, 6.45) is 0. The highest BCUT2D eigenvalue weighted by Crippen LogP contribution is 2.68. The fourth-order valence-electron chi connectivity index (χ4n) is 3.84. The molecular formula is C19H27NS. The van der Waals surface area contributed by atoms with Gasteiger partial charge in [-0.1, -0.05) is 45.9 Å². The van der Waals surface area contributed by atoms with Crippen LogP contribution in [0.4, 0.5) is 0 Å². The Labute approximate surface area is 132 Å². The molecule has 1 nitrogen and oxygen atoms in total. The maximum Gasteiger partial charge on any atom is 0.0389 e. The molecule has 0 radical (unpaired) electrons. The van der Waals surface area contributed by atoms with Crippen LogP contribution in [0.2, 0.25) is 0 Å². The largest absolute Gasteiger partial charge is 0.309 e. The van der Waals surface area contributed by atoms with E-state index in [-0.39, 0.29) is 0 Å². The van der Waals surface area contributed by atoms with Crippen LogP contribution in [0.5, 0.6) is 0 Å². The molecule has 2 heteroatoms. The van der Waals surface area contributed by atoms with E-state index >= 15 is 0 Å². The number of hydrogen-bond acceptors (Lipinski definition) is 2. The van der Waals surface area contributed by atoms with Gasteiger partial charge in [0.05, 0.1) is 0 Å². The molecule has 1 aromatic heterocycles. The molecule has 0 aliphatic heterocycles. The van der Waals surface area contributed by atoms with E-state index in [1.54, 1.807) is 0 Å². The third-order valence-corrected chi connectivity index (χ3v) is 7.68. The zero-order valence-corrected chi connectivity index (χ0v) is 14.9. The minimum absolute atomic E-state index is 0.439. The first-order valence-corrected chi connectivity index (χ1v) is 8.80. The van der Waals surface area contributed by atoms with E-state index in [0.717, 1.165) is 12.5 Å². The molecule has 0 amide bonds. The number of rotatable bonds is 4. The topological polar surface area (TPSA) is 12.0 Å². The van der Waals surface area contributed by atoms with Crippen molar-refractivity contribution in [2.75, 3.05) is 6.54 Å². The van der Waals surface area contributed by atoms with E-state index in [2.05, 4.69) is 71.1 Å². The summed E-state index contributed by atoms with van der Waals surface area (Å²) in [6, 6.07) is 9.18. The molecule has 1 fully saturated rings. The molecule has 21 heavy (non-hydrogen) atoms. The summed E-state index contributed by atoms with van der Waals surface area (Å²) in [5.74, 6) is 0.780. The molecule has 0 spiro atoms. The average molecular weight is 301 g/mol. The quantitative estimate of drug-likeness (QED) is 0.781. The van der Waals surface area contributed by atoms with Crippen LogP contribution < -0.4 is 5.32 Å². The molecule has 1 saturated carbocycles. The smallest absolute Gasteiger partial charge is 0.0389 e. The van der Waals surface area contributed by atoms with Crippen LogP contribution in [-0.4, -0.2) is 6.54 Å². The molecule has 114 valence electrons. The van der Waals surface area contributed by atoms with E-state index in [1.165, 1.54) is 20.5 Å². The highest BCUT2D eigenvalue weighted by Gasteiger charge is 2.63. The maximum atomic E-state index is 3.78. The average Bonchev–Trinajstić information content (AvgIpc) is 2.71. The number of nitrogens with one attached hydrogen (secondary N) is 1. The first kappa shape index (κ1) is 15.1. The Balaban J connectivity index is 1.73. The lowest BCUT2D eigenvalue weighted by atomic mass is 10.0. The van der Waals surface area contributed by atoms with Gasteiger partial charge in [0.15, 0.2) is 0 Å². The predicted octanol–water partition coefficient (Wildman–Crippen LogP) is 5.54. The molecule has 1 aromatic carbocycles. The Kier molecular flexibility index (Phi) is 3.46. The van der Waals surface area contributed by atoms with Gasteiger partial charge in [0, 0.05) is 15.6 Å². The van der Waals surface area contributed by atoms with Crippen LogP contribution in [0.25, 0.3) is 10.1 Å². The van der Waals surface area contributed by atoms with E-state index < -0.39 is 0 Å². The lowest BCUT2D eigenvalue weighted by Gasteiger charge is -2.14. The van der Waals surface area contributed by atoms with Crippen molar-refractivity contribution in [1.29, 1.82) is 0 Å². The second kappa shape index (κ2) is 4.82. The summed E-state index contributed by atoms with van der Waals surface area (Å²) >= 11 is 1.94. The molecule has 2 aromatic rings. The Hall–Kier alpha value is -0.860. The zero-order valence-electron chi connectivity index (χ0n) is 14.1. The summed E-state index contributed by atoms with van der Waals surface area (Å²) in [6.45, 7) is 15.3. The molecule has 1 heterocycles. The van der Waals surface area contributed by atoms with E-state index in [0.29, 0.717) is 16.9 Å². The fourth-order valence-corrected chi connectivity index (χ4v) is 5.07. The van der Waals surface area contributed by atoms with Crippen molar-refractivity contribution in [3.05, 3.63) is 34.7 Å². The van der Waals surface area contributed by atoms with E-state index in [9.17, 15) is 0 Å². The Morgan fingerprint density at radius 1 is 1.14 bits per heavy atom. The van der Waals surface area contributed by atoms with Gasteiger partial charge in [0.2, 0.25) is 0 Å². The monoisotopic (exact) mass is 301 g/mol. The van der Waals surface area contributed by atoms with E-state index in [1.807, 2.05) is 11.3 Å². The van der Waals surface area contributed by atoms with Crippen molar-refractivity contribution in [3.8, 4) is 0 Å². The van der Waals surface area contributed by atoms with Crippen molar-refractivity contribution in [2.45, 2.75) is 47.6 Å². The van der Waals surface area contributed by atoms with Crippen molar-refractivity contribution in [1.82, 2.24) is 5.32 Å². The summed E-state index contributed by atoms with van der Waals surface area (Å²) < 4.78 is 1.41. The number of benzene rings is 1. The highest BCUT2D eigenvalue weighted by molar-refractivity contribution is 7.19. The van der Waals surface area contributed by atoms with Gasteiger partial charge in [-0.2, -0.15) is 0 Å². The lowest BCUT2D eigenvalue weighted by Crippen LogP contribution is -2.22. The number of hydrogen-bond donors (Lipinski definition) is 1. The first-order chi connectivity index (χ1) is 9.76. The molecule has 1 aliphatic carbocycles. The fraction of sp³-hybridized carbons (Fsp3) is 0.579. The Morgan fingerprint density at radius 2 is 1.76 bits per heavy atom. The molecule has 3 rings (SSSR count). The Bertz CT molecular complexity index is 651. The number of fused-ring (bicyclic) bond motifs is 1. The zero-order chi connectivity index (χ0) is 15.4.